The molecule has 2 aliphatic heterocycles. The number of benzene rings is 1. The molecule has 1 aromatic carbocycles. The highest BCUT2D eigenvalue weighted by atomic mass is 32.2. The molecule has 23 heavy (non-hydrogen) atoms. The normalized spacial score (nSPS) is 21.0. The quantitative estimate of drug-likeness (QED) is 0.760. The first-order valence-corrected chi connectivity index (χ1v) is 9.20. The summed E-state index contributed by atoms with van der Waals surface area (Å²) in [5, 5.41) is 0.892. The number of anilines is 1. The van der Waals surface area contributed by atoms with Crippen LogP contribution >= 0.6 is 23.5 Å². The lowest BCUT2D eigenvalue weighted by Crippen LogP contribution is -2.27. The van der Waals surface area contributed by atoms with Crippen LogP contribution in [0.1, 0.15) is 19.4 Å². The molecule has 2 aliphatic rings. The fourth-order valence-corrected chi connectivity index (χ4v) is 4.55. The van der Waals surface area contributed by atoms with Crippen LogP contribution in [0.3, 0.4) is 0 Å². The molecule has 0 spiro atoms. The van der Waals surface area contributed by atoms with Crippen LogP contribution in [-0.4, -0.2) is 29.1 Å². The lowest BCUT2D eigenvalue weighted by Gasteiger charge is -2.17. The summed E-state index contributed by atoms with van der Waals surface area (Å²) < 4.78 is 0. The Labute approximate surface area is 144 Å². The maximum Gasteiger partial charge on any atom is 0.293 e. The zero-order valence-corrected chi connectivity index (χ0v) is 15.0. The average molecular weight is 346 g/mol. The minimum Gasteiger partial charge on any atom is -0.335 e. The number of fused-ring (bicyclic) bond motifs is 1. The predicted molar refractivity (Wildman–Crippen MR) is 96.6 cm³/mol. The van der Waals surface area contributed by atoms with Crippen LogP contribution in [-0.2, 0) is 4.79 Å². The number of carbonyl (C=O) groups is 2. The number of imide groups is 1. The number of hydrogen-bond acceptors (Lipinski definition) is 5. The number of allylic oxidation sites excluding steroid dienone is 2. The third-order valence-corrected chi connectivity index (χ3v) is 5.83. The first-order chi connectivity index (χ1) is 11.0. The van der Waals surface area contributed by atoms with E-state index in [-0.39, 0.29) is 11.1 Å². The molecule has 0 bridgehead atoms. The summed E-state index contributed by atoms with van der Waals surface area (Å²) in [7, 11) is 0. The van der Waals surface area contributed by atoms with Gasteiger partial charge in [-0.15, -0.1) is 0 Å². The van der Waals surface area contributed by atoms with Crippen molar-refractivity contribution in [3.8, 4) is 0 Å². The number of nitrogens with zero attached hydrogens (tertiary/aromatic N) is 2. The monoisotopic (exact) mass is 346 g/mol. The second kappa shape index (κ2) is 6.45. The summed E-state index contributed by atoms with van der Waals surface area (Å²) >= 11 is 2.70. The van der Waals surface area contributed by atoms with E-state index in [1.165, 1.54) is 21.0 Å². The molecule has 3 rings (SSSR count). The van der Waals surface area contributed by atoms with Crippen LogP contribution in [0, 0.1) is 6.92 Å². The first-order valence-electron chi connectivity index (χ1n) is 7.56. The largest absolute Gasteiger partial charge is 0.335 e. The maximum atomic E-state index is 12.1. The number of likely N-dealkylation sites (N-methyl/N-ethyl adjacent to an activating group) is 1. The number of hydrogen-bond donors (Lipinski definition) is 0. The third kappa shape index (κ3) is 2.93. The van der Waals surface area contributed by atoms with Crippen molar-refractivity contribution in [2.75, 3.05) is 18.0 Å². The van der Waals surface area contributed by atoms with Gasteiger partial charge in [0.1, 0.15) is 0 Å². The van der Waals surface area contributed by atoms with Crippen molar-refractivity contribution in [1.82, 2.24) is 4.90 Å². The molecule has 0 N–H and O–H groups in total. The molecule has 0 aliphatic carbocycles. The number of amides is 2. The first kappa shape index (κ1) is 16.2. The van der Waals surface area contributed by atoms with E-state index in [0.29, 0.717) is 11.4 Å². The van der Waals surface area contributed by atoms with Crippen LogP contribution in [0.4, 0.5) is 10.5 Å². The van der Waals surface area contributed by atoms with Crippen LogP contribution < -0.4 is 4.90 Å². The lowest BCUT2D eigenvalue weighted by atomic mass is 10.2. The average Bonchev–Trinajstić information content (AvgIpc) is 3.01. The van der Waals surface area contributed by atoms with Gasteiger partial charge in [-0.25, -0.2) is 0 Å². The highest BCUT2D eigenvalue weighted by Crippen LogP contribution is 2.46. The predicted octanol–water partition coefficient (Wildman–Crippen LogP) is 4.37. The topological polar surface area (TPSA) is 40.6 Å². The summed E-state index contributed by atoms with van der Waals surface area (Å²) in [5.41, 5.74) is 2.44. The summed E-state index contributed by atoms with van der Waals surface area (Å²) in [4.78, 5) is 29.1. The van der Waals surface area contributed by atoms with Gasteiger partial charge in [-0.1, -0.05) is 17.8 Å². The Morgan fingerprint density at radius 3 is 2.43 bits per heavy atom. The van der Waals surface area contributed by atoms with Gasteiger partial charge in [0.2, 0.25) is 0 Å². The molecule has 0 unspecified atom stereocenters. The van der Waals surface area contributed by atoms with Gasteiger partial charge in [-0.3, -0.25) is 14.5 Å². The summed E-state index contributed by atoms with van der Waals surface area (Å²) in [6, 6.07) is 6.41. The van der Waals surface area contributed by atoms with Crippen molar-refractivity contribution in [3.05, 3.63) is 45.8 Å². The number of aryl methyl sites for hydroxylation is 1. The van der Waals surface area contributed by atoms with Crippen LogP contribution in [0.5, 0.6) is 0 Å². The molecule has 6 heteroatoms. The zero-order chi connectivity index (χ0) is 16.6. The fraction of sp³-hybridized carbons (Fsp3) is 0.294. The Kier molecular flexibility index (Phi) is 4.55. The molecule has 0 atom stereocenters. The van der Waals surface area contributed by atoms with E-state index in [1.807, 2.05) is 13.0 Å². The van der Waals surface area contributed by atoms with Crippen molar-refractivity contribution in [3.63, 3.8) is 0 Å². The Morgan fingerprint density at radius 1 is 1.04 bits per heavy atom. The Bertz CT molecular complexity index is 740. The fourth-order valence-electron chi connectivity index (χ4n) is 2.60. The van der Waals surface area contributed by atoms with Gasteiger partial charge in [0.05, 0.1) is 15.6 Å². The second-order valence-corrected chi connectivity index (χ2v) is 7.33. The highest BCUT2D eigenvalue weighted by molar-refractivity contribution is 8.18. The molecule has 4 nitrogen and oxygen atoms in total. The van der Waals surface area contributed by atoms with Gasteiger partial charge in [0, 0.05) is 18.0 Å². The molecule has 1 saturated heterocycles. The van der Waals surface area contributed by atoms with Gasteiger partial charge in [0.15, 0.2) is 0 Å². The maximum absolute atomic E-state index is 12.1. The zero-order valence-electron chi connectivity index (χ0n) is 13.3. The number of carbonyl (C=O) groups excluding carboxylic acids is 2. The van der Waals surface area contributed by atoms with Crippen molar-refractivity contribution < 1.29 is 9.59 Å². The van der Waals surface area contributed by atoms with Gasteiger partial charge >= 0.3 is 0 Å². The van der Waals surface area contributed by atoms with Crippen LogP contribution in [0.15, 0.2) is 45.2 Å². The molecular weight excluding hydrogens is 328 g/mol. The van der Waals surface area contributed by atoms with E-state index in [1.54, 1.807) is 17.8 Å². The van der Waals surface area contributed by atoms with Crippen molar-refractivity contribution >= 4 is 40.4 Å². The molecule has 2 amide bonds. The van der Waals surface area contributed by atoms with Crippen molar-refractivity contribution in [1.29, 1.82) is 0 Å². The number of rotatable bonds is 3. The molecular formula is C17H18N2O2S2. The van der Waals surface area contributed by atoms with E-state index >= 15 is 0 Å². The summed E-state index contributed by atoms with van der Waals surface area (Å²) in [6.45, 7) is 7.28. The minimum absolute atomic E-state index is 0.188. The Hall–Kier alpha value is -1.66. The van der Waals surface area contributed by atoms with Crippen molar-refractivity contribution in [2.24, 2.45) is 0 Å². The van der Waals surface area contributed by atoms with Gasteiger partial charge < -0.3 is 4.90 Å². The minimum atomic E-state index is -0.196. The van der Waals surface area contributed by atoms with Crippen LogP contribution in [0.25, 0.3) is 0 Å². The molecule has 0 radical (unpaired) electrons. The summed E-state index contributed by atoms with van der Waals surface area (Å²) in [6.07, 6.45) is 3.71. The van der Waals surface area contributed by atoms with E-state index < -0.39 is 0 Å². The van der Waals surface area contributed by atoms with Crippen molar-refractivity contribution in [2.45, 2.75) is 25.7 Å². The molecule has 1 aromatic rings. The smallest absolute Gasteiger partial charge is 0.293 e. The van der Waals surface area contributed by atoms with E-state index in [9.17, 15) is 9.59 Å². The molecule has 2 heterocycles. The van der Waals surface area contributed by atoms with E-state index in [0.717, 1.165) is 23.3 Å². The van der Waals surface area contributed by atoms with Gasteiger partial charge in [-0.2, -0.15) is 0 Å². The highest BCUT2D eigenvalue weighted by Gasteiger charge is 2.33. The standard InChI is InChI=1S/C17H18N2O2S2/c1-4-18-12-10-11(3)6-7-13(12)22-15(18)9-8-14-16(20)19(5-2)17(21)23-14/h6-10H,4-5H2,1-3H3/b14-8-,15-9+. The Balaban J connectivity index is 1.88. The molecule has 120 valence electrons. The van der Waals surface area contributed by atoms with E-state index in [4.69, 9.17) is 0 Å². The number of thioether (sulfide) groups is 2. The van der Waals surface area contributed by atoms with Gasteiger partial charge in [-0.05, 0) is 62.4 Å². The van der Waals surface area contributed by atoms with Crippen LogP contribution in [0.2, 0.25) is 0 Å². The molecule has 0 aromatic heterocycles. The second-order valence-electron chi connectivity index (χ2n) is 5.27. The van der Waals surface area contributed by atoms with Gasteiger partial charge in [0.25, 0.3) is 11.1 Å². The van der Waals surface area contributed by atoms with E-state index in [2.05, 4.69) is 36.9 Å². The lowest BCUT2D eigenvalue weighted by molar-refractivity contribution is -0.122. The molecule has 0 saturated carbocycles. The Morgan fingerprint density at radius 2 is 1.78 bits per heavy atom. The SMILES string of the molecule is CCN1C(=O)S/C(=C\C=C2\Sc3ccc(C)cc3N2CC)C1=O. The summed E-state index contributed by atoms with van der Waals surface area (Å²) in [5.74, 6) is -0.196. The molecule has 1 fully saturated rings. The third-order valence-electron chi connectivity index (χ3n) is 3.77.